The molecule has 0 unspecified atom stereocenters. The van der Waals surface area contributed by atoms with Crippen LogP contribution in [-0.2, 0) is 0 Å². The summed E-state index contributed by atoms with van der Waals surface area (Å²) in [4.78, 5) is 10.4. The zero-order valence-electron chi connectivity index (χ0n) is 6.04. The van der Waals surface area contributed by atoms with E-state index in [1.807, 2.05) is 28.7 Å². The van der Waals surface area contributed by atoms with Crippen molar-refractivity contribution < 1.29 is 9.90 Å². The van der Waals surface area contributed by atoms with Crippen molar-refractivity contribution in [1.82, 2.24) is 0 Å². The summed E-state index contributed by atoms with van der Waals surface area (Å²) >= 11 is 1.99. The summed E-state index contributed by atoms with van der Waals surface area (Å²) < 4.78 is 0.771. The second-order valence-electron chi connectivity index (χ2n) is 1.78. The minimum atomic E-state index is -0.870. The number of halogens is 1. The third kappa shape index (κ3) is 3.11. The van der Waals surface area contributed by atoms with E-state index in [9.17, 15) is 4.79 Å². The van der Waals surface area contributed by atoms with Gasteiger partial charge in [-0.1, -0.05) is 12.1 Å². The van der Waals surface area contributed by atoms with Gasteiger partial charge in [0.2, 0.25) is 0 Å². The van der Waals surface area contributed by atoms with Gasteiger partial charge in [0.05, 0.1) is 5.56 Å². The van der Waals surface area contributed by atoms with E-state index in [1.54, 1.807) is 18.2 Å². The van der Waals surface area contributed by atoms with Crippen LogP contribution in [0.2, 0.25) is 0 Å². The van der Waals surface area contributed by atoms with E-state index in [1.165, 1.54) is 0 Å². The number of hydrogen-bond donors (Lipinski definition) is 1. The molecule has 0 atom stereocenters. The predicted molar refractivity (Wildman–Crippen MR) is 51.9 cm³/mol. The molecule has 1 radical (unpaired) electrons. The molecule has 1 N–H and O–H groups in total. The third-order valence-electron chi connectivity index (χ3n) is 1.10. The first kappa shape index (κ1) is 11.4. The summed E-state index contributed by atoms with van der Waals surface area (Å²) in [7, 11) is 0. The van der Waals surface area contributed by atoms with Gasteiger partial charge in [-0.2, -0.15) is 0 Å². The molecule has 0 saturated carbocycles. The van der Waals surface area contributed by atoms with Crippen LogP contribution in [0.4, 0.5) is 0 Å². The Bertz CT molecular complexity index is 262. The Balaban J connectivity index is 0.000001000. The average Bonchev–Trinajstić information content (AvgIpc) is 1.88. The van der Waals surface area contributed by atoms with Crippen LogP contribution in [0.3, 0.4) is 0 Å². The smallest absolute Gasteiger partial charge is 0.336 e. The van der Waals surface area contributed by atoms with E-state index in [2.05, 4.69) is 0 Å². The van der Waals surface area contributed by atoms with Gasteiger partial charge in [0.1, 0.15) is 0 Å². The summed E-state index contributed by atoms with van der Waals surface area (Å²) in [6, 6.07) is 6.88. The van der Waals surface area contributed by atoms with Crippen LogP contribution in [0.25, 0.3) is 0 Å². The maximum atomic E-state index is 10.4. The van der Waals surface area contributed by atoms with Crippen LogP contribution in [0.1, 0.15) is 10.4 Å². The summed E-state index contributed by atoms with van der Waals surface area (Å²) in [5.74, 6) is -0.870. The molecule has 1 rings (SSSR count). The Kier molecular flexibility index (Phi) is 5.33. The molecule has 0 aliphatic carbocycles. The molecule has 1 aromatic rings. The van der Waals surface area contributed by atoms with Crippen molar-refractivity contribution in [2.75, 3.05) is 0 Å². The fourth-order valence-electron chi connectivity index (χ4n) is 0.635. The molecule has 0 fully saturated rings. The van der Waals surface area contributed by atoms with Gasteiger partial charge in [-0.05, 0) is 34.7 Å². The molecular weight excluding hydrogens is 266 g/mol. The van der Waals surface area contributed by atoms with Crippen molar-refractivity contribution in [3.8, 4) is 0 Å². The van der Waals surface area contributed by atoms with Crippen molar-refractivity contribution in [1.29, 1.82) is 0 Å². The van der Waals surface area contributed by atoms with Crippen LogP contribution in [0.5, 0.6) is 0 Å². The molecule has 4 heteroatoms. The monoisotopic (exact) mass is 271 g/mol. The van der Waals surface area contributed by atoms with Gasteiger partial charge in [0.15, 0.2) is 0 Å². The maximum absolute atomic E-state index is 10.4. The second kappa shape index (κ2) is 5.13. The van der Waals surface area contributed by atoms with Crippen molar-refractivity contribution in [2.45, 2.75) is 0 Å². The van der Waals surface area contributed by atoms with Crippen LogP contribution >= 0.6 is 22.6 Å². The van der Waals surface area contributed by atoms with Crippen molar-refractivity contribution in [3.05, 3.63) is 33.4 Å². The zero-order chi connectivity index (χ0) is 7.56. The summed E-state index contributed by atoms with van der Waals surface area (Å²) in [5.41, 5.74) is 0.364. The van der Waals surface area contributed by atoms with E-state index in [0.717, 1.165) is 3.57 Å². The number of aromatic carboxylic acids is 1. The average molecular weight is 271 g/mol. The molecule has 0 heterocycles. The fourth-order valence-corrected chi connectivity index (χ4v) is 1.25. The van der Waals surface area contributed by atoms with Crippen LogP contribution in [0, 0.1) is 3.57 Å². The van der Waals surface area contributed by atoms with Gasteiger partial charge >= 0.3 is 5.97 Å². The van der Waals surface area contributed by atoms with Gasteiger partial charge in [-0.15, -0.1) is 0 Å². The zero-order valence-corrected chi connectivity index (χ0v) is 10.2. The van der Waals surface area contributed by atoms with E-state index in [0.29, 0.717) is 5.56 Å². The molecule has 1 aromatic carbocycles. The van der Waals surface area contributed by atoms with Gasteiger partial charge < -0.3 is 5.11 Å². The molecule has 0 aliphatic rings. The normalized spacial score (nSPS) is 8.45. The van der Waals surface area contributed by atoms with Crippen molar-refractivity contribution in [2.24, 2.45) is 0 Å². The fraction of sp³-hybridized carbons (Fsp3) is 0. The summed E-state index contributed by atoms with van der Waals surface area (Å²) in [6.07, 6.45) is 0. The minimum Gasteiger partial charge on any atom is -0.478 e. The first-order valence-electron chi connectivity index (χ1n) is 2.69. The first-order valence-corrected chi connectivity index (χ1v) is 3.77. The molecule has 0 aromatic heterocycles. The first-order chi connectivity index (χ1) is 4.72. The molecule has 0 aliphatic heterocycles. The molecular formula is C7H5INaO2. The maximum Gasteiger partial charge on any atom is 0.336 e. The number of benzene rings is 1. The van der Waals surface area contributed by atoms with Gasteiger partial charge in [-0.3, -0.25) is 0 Å². The number of carboxylic acid groups (broad SMARTS) is 1. The van der Waals surface area contributed by atoms with E-state index >= 15 is 0 Å². The molecule has 0 saturated heterocycles. The number of carboxylic acids is 1. The van der Waals surface area contributed by atoms with E-state index in [-0.39, 0.29) is 29.6 Å². The summed E-state index contributed by atoms with van der Waals surface area (Å²) in [5, 5.41) is 8.56. The minimum absolute atomic E-state index is 0. The standard InChI is InChI=1S/C7H5IO2.Na/c8-6-4-2-1-3-5(6)7(9)10;/h1-4H,(H,9,10);. The Hall–Kier alpha value is 0.420. The number of hydrogen-bond acceptors (Lipinski definition) is 1. The number of rotatable bonds is 1. The van der Waals surface area contributed by atoms with E-state index in [4.69, 9.17) is 5.11 Å². The Morgan fingerprint density at radius 1 is 1.36 bits per heavy atom. The van der Waals surface area contributed by atoms with Crippen molar-refractivity contribution >= 4 is 58.1 Å². The molecule has 11 heavy (non-hydrogen) atoms. The third-order valence-corrected chi connectivity index (χ3v) is 2.04. The topological polar surface area (TPSA) is 37.3 Å². The van der Waals surface area contributed by atoms with Crippen LogP contribution < -0.4 is 0 Å². The van der Waals surface area contributed by atoms with E-state index < -0.39 is 5.97 Å². The van der Waals surface area contributed by atoms with Crippen molar-refractivity contribution in [3.63, 3.8) is 0 Å². The Labute approximate surface area is 100 Å². The molecule has 53 valence electrons. The largest absolute Gasteiger partial charge is 0.478 e. The van der Waals surface area contributed by atoms with Gasteiger partial charge in [-0.25, -0.2) is 4.79 Å². The number of carbonyl (C=O) groups is 1. The predicted octanol–water partition coefficient (Wildman–Crippen LogP) is 1.61. The quantitative estimate of drug-likeness (QED) is 0.622. The second-order valence-corrected chi connectivity index (χ2v) is 2.95. The molecule has 2 nitrogen and oxygen atoms in total. The Morgan fingerprint density at radius 2 is 1.91 bits per heavy atom. The van der Waals surface area contributed by atoms with Gasteiger partial charge in [0.25, 0.3) is 0 Å². The Morgan fingerprint density at radius 3 is 2.27 bits per heavy atom. The van der Waals surface area contributed by atoms with Crippen LogP contribution in [0.15, 0.2) is 24.3 Å². The SMILES string of the molecule is O=C(O)c1ccccc1I.[Na]. The van der Waals surface area contributed by atoms with Crippen LogP contribution in [-0.4, -0.2) is 40.6 Å². The van der Waals surface area contributed by atoms with Gasteiger partial charge in [0, 0.05) is 33.1 Å². The molecule has 0 bridgehead atoms. The molecule has 0 amide bonds. The summed E-state index contributed by atoms with van der Waals surface area (Å²) in [6.45, 7) is 0. The molecule has 0 spiro atoms.